The number of ether oxygens (including phenoxy) is 1. The van der Waals surface area contributed by atoms with Crippen molar-refractivity contribution in [3.8, 4) is 0 Å². The van der Waals surface area contributed by atoms with Gasteiger partial charge in [-0.05, 0) is 24.1 Å². The van der Waals surface area contributed by atoms with E-state index in [0.717, 1.165) is 16.9 Å². The summed E-state index contributed by atoms with van der Waals surface area (Å²) in [6.45, 7) is 4.35. The third kappa shape index (κ3) is 3.43. The number of hydrogen-bond acceptors (Lipinski definition) is 5. The van der Waals surface area contributed by atoms with Gasteiger partial charge in [-0.1, -0.05) is 0 Å². The van der Waals surface area contributed by atoms with Crippen LogP contribution in [0.4, 0.5) is 5.82 Å². The van der Waals surface area contributed by atoms with Gasteiger partial charge in [-0.15, -0.1) is 0 Å². The van der Waals surface area contributed by atoms with Gasteiger partial charge in [0.15, 0.2) is 0 Å². The van der Waals surface area contributed by atoms with E-state index in [-0.39, 0.29) is 0 Å². The minimum atomic E-state index is -0.673. The Morgan fingerprint density at radius 3 is 2.74 bits per heavy atom. The minimum absolute atomic E-state index is 0.499. The van der Waals surface area contributed by atoms with Gasteiger partial charge < -0.3 is 20.5 Å². The van der Waals surface area contributed by atoms with Crippen LogP contribution in [0.15, 0.2) is 12.3 Å². The zero-order chi connectivity index (χ0) is 13.9. The van der Waals surface area contributed by atoms with E-state index in [1.165, 1.54) is 0 Å². The van der Waals surface area contributed by atoms with E-state index in [0.29, 0.717) is 39.1 Å². The first kappa shape index (κ1) is 14.2. The van der Waals surface area contributed by atoms with Gasteiger partial charge in [0.2, 0.25) is 0 Å². The Bertz CT molecular complexity index is 431. The van der Waals surface area contributed by atoms with Crippen molar-refractivity contribution >= 4 is 5.82 Å². The molecule has 5 nitrogen and oxygen atoms in total. The molecule has 0 bridgehead atoms. The molecule has 106 valence electrons. The van der Waals surface area contributed by atoms with Gasteiger partial charge in [0, 0.05) is 52.4 Å². The number of likely N-dealkylation sites (N-methyl/N-ethyl adjacent to an activating group) is 1. The van der Waals surface area contributed by atoms with Crippen LogP contribution in [0.3, 0.4) is 0 Å². The first-order chi connectivity index (χ1) is 9.04. The molecule has 1 saturated heterocycles. The summed E-state index contributed by atoms with van der Waals surface area (Å²) < 4.78 is 5.30. The SMILES string of the molecule is Cc1cc(CN)cnc1N(C)CC1(O)CCOCC1. The predicted molar refractivity (Wildman–Crippen MR) is 75.1 cm³/mol. The number of aromatic nitrogens is 1. The molecule has 0 unspecified atom stereocenters. The fourth-order valence-corrected chi connectivity index (χ4v) is 2.56. The molecule has 2 heterocycles. The molecule has 0 aromatic carbocycles. The number of aliphatic hydroxyl groups is 1. The van der Waals surface area contributed by atoms with E-state index in [1.54, 1.807) is 6.20 Å². The second kappa shape index (κ2) is 5.86. The first-order valence-electron chi connectivity index (χ1n) is 6.71. The van der Waals surface area contributed by atoms with Crippen molar-refractivity contribution in [2.24, 2.45) is 5.73 Å². The van der Waals surface area contributed by atoms with E-state index in [2.05, 4.69) is 4.98 Å². The fraction of sp³-hybridized carbons (Fsp3) is 0.643. The van der Waals surface area contributed by atoms with Gasteiger partial charge in [-0.25, -0.2) is 4.98 Å². The normalized spacial score (nSPS) is 18.3. The summed E-state index contributed by atoms with van der Waals surface area (Å²) in [7, 11) is 1.96. The van der Waals surface area contributed by atoms with Crippen molar-refractivity contribution in [3.05, 3.63) is 23.4 Å². The molecule has 1 aliphatic heterocycles. The molecule has 0 atom stereocenters. The highest BCUT2D eigenvalue weighted by atomic mass is 16.5. The quantitative estimate of drug-likeness (QED) is 0.843. The fourth-order valence-electron chi connectivity index (χ4n) is 2.56. The number of pyridine rings is 1. The van der Waals surface area contributed by atoms with E-state index in [1.807, 2.05) is 24.9 Å². The van der Waals surface area contributed by atoms with Crippen molar-refractivity contribution in [3.63, 3.8) is 0 Å². The van der Waals surface area contributed by atoms with E-state index >= 15 is 0 Å². The Hall–Kier alpha value is -1.17. The summed E-state index contributed by atoms with van der Waals surface area (Å²) in [6.07, 6.45) is 3.15. The van der Waals surface area contributed by atoms with Crippen LogP contribution in [0.1, 0.15) is 24.0 Å². The van der Waals surface area contributed by atoms with Gasteiger partial charge >= 0.3 is 0 Å². The average Bonchev–Trinajstić information content (AvgIpc) is 2.38. The zero-order valence-corrected chi connectivity index (χ0v) is 11.7. The summed E-state index contributed by atoms with van der Waals surface area (Å²) in [5.74, 6) is 0.900. The maximum atomic E-state index is 10.5. The lowest BCUT2D eigenvalue weighted by molar-refractivity contribution is -0.0573. The van der Waals surface area contributed by atoms with E-state index in [9.17, 15) is 5.11 Å². The monoisotopic (exact) mass is 265 g/mol. The molecule has 2 rings (SSSR count). The van der Waals surface area contributed by atoms with Crippen molar-refractivity contribution in [1.29, 1.82) is 0 Å². The van der Waals surface area contributed by atoms with Gasteiger partial charge in [-0.3, -0.25) is 0 Å². The second-order valence-corrected chi connectivity index (χ2v) is 5.38. The van der Waals surface area contributed by atoms with Crippen LogP contribution in [0, 0.1) is 6.92 Å². The van der Waals surface area contributed by atoms with Crippen LogP contribution in [-0.2, 0) is 11.3 Å². The lowest BCUT2D eigenvalue weighted by Crippen LogP contribution is -2.46. The Kier molecular flexibility index (Phi) is 4.39. The summed E-state index contributed by atoms with van der Waals surface area (Å²) >= 11 is 0. The summed E-state index contributed by atoms with van der Waals surface area (Å²) in [5.41, 5.74) is 7.05. The highest BCUT2D eigenvalue weighted by Crippen LogP contribution is 2.24. The van der Waals surface area contributed by atoms with Crippen LogP contribution in [0.25, 0.3) is 0 Å². The second-order valence-electron chi connectivity index (χ2n) is 5.38. The molecule has 0 spiro atoms. The molecule has 1 aromatic heterocycles. The van der Waals surface area contributed by atoms with Crippen LogP contribution in [0.2, 0.25) is 0 Å². The molecule has 19 heavy (non-hydrogen) atoms. The highest BCUT2D eigenvalue weighted by molar-refractivity contribution is 5.47. The van der Waals surface area contributed by atoms with Gasteiger partial charge in [0.1, 0.15) is 5.82 Å². The molecule has 0 saturated carbocycles. The minimum Gasteiger partial charge on any atom is -0.388 e. The number of aryl methyl sites for hydroxylation is 1. The van der Waals surface area contributed by atoms with E-state index in [4.69, 9.17) is 10.5 Å². The molecule has 5 heteroatoms. The predicted octanol–water partition coefficient (Wildman–Crippen LogP) is 0.826. The Morgan fingerprint density at radius 2 is 2.16 bits per heavy atom. The topological polar surface area (TPSA) is 71.6 Å². The maximum absolute atomic E-state index is 10.5. The van der Waals surface area contributed by atoms with Crippen LogP contribution < -0.4 is 10.6 Å². The molecule has 0 radical (unpaired) electrons. The number of nitrogens with zero attached hydrogens (tertiary/aromatic N) is 2. The van der Waals surface area contributed by atoms with Crippen molar-refractivity contribution < 1.29 is 9.84 Å². The Labute approximate surface area is 114 Å². The molecule has 0 amide bonds. The van der Waals surface area contributed by atoms with Gasteiger partial charge in [0.25, 0.3) is 0 Å². The molecule has 1 aromatic rings. The molecule has 0 aliphatic carbocycles. The highest BCUT2D eigenvalue weighted by Gasteiger charge is 2.31. The smallest absolute Gasteiger partial charge is 0.131 e. The Morgan fingerprint density at radius 1 is 1.47 bits per heavy atom. The van der Waals surface area contributed by atoms with E-state index < -0.39 is 5.60 Å². The largest absolute Gasteiger partial charge is 0.388 e. The standard InChI is InChI=1S/C14H23N3O2/c1-11-7-12(8-15)9-16-13(11)17(2)10-14(18)3-5-19-6-4-14/h7,9,18H,3-6,8,10,15H2,1-2H3. The summed E-state index contributed by atoms with van der Waals surface area (Å²) in [5, 5.41) is 10.5. The number of hydrogen-bond donors (Lipinski definition) is 2. The van der Waals surface area contributed by atoms with Crippen LogP contribution >= 0.6 is 0 Å². The molecule has 1 fully saturated rings. The lowest BCUT2D eigenvalue weighted by atomic mass is 9.94. The lowest BCUT2D eigenvalue weighted by Gasteiger charge is -2.36. The molecular weight excluding hydrogens is 242 g/mol. The number of anilines is 1. The number of rotatable bonds is 4. The average molecular weight is 265 g/mol. The van der Waals surface area contributed by atoms with Gasteiger partial charge in [-0.2, -0.15) is 0 Å². The van der Waals surface area contributed by atoms with Crippen LogP contribution in [0.5, 0.6) is 0 Å². The van der Waals surface area contributed by atoms with Crippen molar-refractivity contribution in [2.45, 2.75) is 31.9 Å². The summed E-state index contributed by atoms with van der Waals surface area (Å²) in [4.78, 5) is 6.46. The number of nitrogens with two attached hydrogens (primary N) is 1. The van der Waals surface area contributed by atoms with Crippen LogP contribution in [-0.4, -0.2) is 42.5 Å². The third-order valence-electron chi connectivity index (χ3n) is 3.66. The van der Waals surface area contributed by atoms with Crippen molar-refractivity contribution in [2.75, 3.05) is 31.7 Å². The molecular formula is C14H23N3O2. The molecule has 3 N–H and O–H groups in total. The van der Waals surface area contributed by atoms with Gasteiger partial charge in [0.05, 0.1) is 5.60 Å². The third-order valence-corrected chi connectivity index (χ3v) is 3.66. The zero-order valence-electron chi connectivity index (χ0n) is 11.7. The van der Waals surface area contributed by atoms with Crippen molar-refractivity contribution in [1.82, 2.24) is 4.98 Å². The molecule has 1 aliphatic rings. The first-order valence-corrected chi connectivity index (χ1v) is 6.71. The maximum Gasteiger partial charge on any atom is 0.131 e. The Balaban J connectivity index is 2.08. The summed E-state index contributed by atoms with van der Waals surface area (Å²) in [6, 6.07) is 2.05.